The molecule has 0 heterocycles. The normalized spacial score (nSPS) is 23.5. The highest BCUT2D eigenvalue weighted by Gasteiger charge is 2.46. The zero-order chi connectivity index (χ0) is 17.5. The molecule has 0 radical (unpaired) electrons. The lowest BCUT2D eigenvalue weighted by atomic mass is 9.73. The SMILES string of the molecule is O=C(O)C1CCC1C(=O)N(Cc1ccccc1C(F)(F)F)C1CC1. The molecule has 2 unspecified atom stereocenters. The van der Waals surface area contributed by atoms with E-state index >= 15 is 0 Å². The smallest absolute Gasteiger partial charge is 0.416 e. The van der Waals surface area contributed by atoms with E-state index in [2.05, 4.69) is 0 Å². The van der Waals surface area contributed by atoms with Crippen LogP contribution in [0.5, 0.6) is 0 Å². The van der Waals surface area contributed by atoms with E-state index < -0.39 is 29.5 Å². The average Bonchev–Trinajstić information content (AvgIpc) is 3.26. The molecule has 1 aromatic rings. The van der Waals surface area contributed by atoms with E-state index in [-0.39, 0.29) is 24.1 Å². The molecule has 1 aromatic carbocycles. The Morgan fingerprint density at radius 3 is 2.21 bits per heavy atom. The van der Waals surface area contributed by atoms with Crippen molar-refractivity contribution >= 4 is 11.9 Å². The van der Waals surface area contributed by atoms with Crippen LogP contribution >= 0.6 is 0 Å². The van der Waals surface area contributed by atoms with Gasteiger partial charge in [-0.3, -0.25) is 9.59 Å². The summed E-state index contributed by atoms with van der Waals surface area (Å²) in [5.41, 5.74) is -0.691. The second kappa shape index (κ2) is 6.11. The molecule has 2 saturated carbocycles. The first-order valence-corrected chi connectivity index (χ1v) is 7.97. The zero-order valence-electron chi connectivity index (χ0n) is 12.9. The van der Waals surface area contributed by atoms with Crippen LogP contribution in [-0.4, -0.2) is 27.9 Å². The van der Waals surface area contributed by atoms with Gasteiger partial charge < -0.3 is 10.0 Å². The van der Waals surface area contributed by atoms with E-state index in [1.165, 1.54) is 23.1 Å². The summed E-state index contributed by atoms with van der Waals surface area (Å²) in [6.07, 6.45) is -2.03. The number of carboxylic acid groups (broad SMARTS) is 1. The number of carbonyl (C=O) groups is 2. The highest BCUT2D eigenvalue weighted by molar-refractivity contribution is 5.86. The van der Waals surface area contributed by atoms with E-state index in [0.717, 1.165) is 18.9 Å². The maximum atomic E-state index is 13.1. The van der Waals surface area contributed by atoms with Gasteiger partial charge in [0.2, 0.25) is 5.91 Å². The van der Waals surface area contributed by atoms with Crippen LogP contribution in [0.25, 0.3) is 0 Å². The highest BCUT2D eigenvalue weighted by atomic mass is 19.4. The Bertz CT molecular complexity index is 655. The second-order valence-corrected chi connectivity index (χ2v) is 6.48. The first-order chi connectivity index (χ1) is 11.3. The average molecular weight is 341 g/mol. The third-order valence-electron chi connectivity index (χ3n) is 4.84. The van der Waals surface area contributed by atoms with Crippen LogP contribution in [0.4, 0.5) is 13.2 Å². The monoisotopic (exact) mass is 341 g/mol. The third kappa shape index (κ3) is 3.25. The Morgan fingerprint density at radius 2 is 1.71 bits per heavy atom. The number of carboxylic acids is 1. The number of carbonyl (C=O) groups excluding carboxylic acids is 1. The summed E-state index contributed by atoms with van der Waals surface area (Å²) in [4.78, 5) is 25.2. The van der Waals surface area contributed by atoms with E-state index in [1.807, 2.05) is 0 Å². The third-order valence-corrected chi connectivity index (χ3v) is 4.84. The molecule has 3 rings (SSSR count). The number of amides is 1. The molecule has 7 heteroatoms. The Balaban J connectivity index is 1.81. The summed E-state index contributed by atoms with van der Waals surface area (Å²) in [7, 11) is 0. The Kier molecular flexibility index (Phi) is 4.27. The van der Waals surface area contributed by atoms with Crippen molar-refractivity contribution in [2.24, 2.45) is 11.8 Å². The molecule has 1 amide bonds. The first-order valence-electron chi connectivity index (χ1n) is 7.97. The van der Waals surface area contributed by atoms with Crippen LogP contribution < -0.4 is 0 Å². The van der Waals surface area contributed by atoms with Crippen LogP contribution in [0.2, 0.25) is 0 Å². The number of hydrogen-bond donors (Lipinski definition) is 1. The number of nitrogens with zero attached hydrogens (tertiary/aromatic N) is 1. The molecule has 0 bridgehead atoms. The predicted molar refractivity (Wildman–Crippen MR) is 78.9 cm³/mol. The van der Waals surface area contributed by atoms with Gasteiger partial charge in [-0.15, -0.1) is 0 Å². The fourth-order valence-corrected chi connectivity index (χ4v) is 3.20. The summed E-state index contributed by atoms with van der Waals surface area (Å²) in [5, 5.41) is 9.11. The van der Waals surface area contributed by atoms with Crippen LogP contribution in [-0.2, 0) is 22.3 Å². The largest absolute Gasteiger partial charge is 0.481 e. The van der Waals surface area contributed by atoms with Gasteiger partial charge in [0.1, 0.15) is 0 Å². The lowest BCUT2D eigenvalue weighted by molar-refractivity contribution is -0.157. The summed E-state index contributed by atoms with van der Waals surface area (Å²) < 4.78 is 39.4. The maximum Gasteiger partial charge on any atom is 0.416 e. The number of halogens is 3. The fraction of sp³-hybridized carbons (Fsp3) is 0.529. The molecule has 130 valence electrons. The van der Waals surface area contributed by atoms with Gasteiger partial charge in [-0.05, 0) is 37.3 Å². The van der Waals surface area contributed by atoms with Gasteiger partial charge in [-0.25, -0.2) is 0 Å². The molecular formula is C17H18F3NO3. The fourth-order valence-electron chi connectivity index (χ4n) is 3.20. The first kappa shape index (κ1) is 16.8. The van der Waals surface area contributed by atoms with E-state index in [0.29, 0.717) is 12.8 Å². The van der Waals surface area contributed by atoms with Crippen molar-refractivity contribution < 1.29 is 27.9 Å². The standard InChI is InChI=1S/C17H18F3NO3/c18-17(19,20)14-4-2-1-3-10(14)9-21(11-5-6-11)15(22)12-7-8-13(12)16(23)24/h1-4,11-13H,5-9H2,(H,23,24). The topological polar surface area (TPSA) is 57.6 Å². The summed E-state index contributed by atoms with van der Waals surface area (Å²) >= 11 is 0. The summed E-state index contributed by atoms with van der Waals surface area (Å²) in [5.74, 6) is -2.66. The number of benzene rings is 1. The summed E-state index contributed by atoms with van der Waals surface area (Å²) in [6.45, 7) is -0.123. The van der Waals surface area contributed by atoms with Gasteiger partial charge >= 0.3 is 12.1 Å². The van der Waals surface area contributed by atoms with Crippen molar-refractivity contribution in [3.05, 3.63) is 35.4 Å². The quantitative estimate of drug-likeness (QED) is 0.894. The van der Waals surface area contributed by atoms with Crippen LogP contribution in [0, 0.1) is 11.8 Å². The molecule has 2 aliphatic rings. The molecule has 0 aliphatic heterocycles. The lowest BCUT2D eigenvalue weighted by Crippen LogP contribution is -2.46. The molecule has 2 aliphatic carbocycles. The van der Waals surface area contributed by atoms with Gasteiger partial charge in [0.25, 0.3) is 0 Å². The number of alkyl halides is 3. The van der Waals surface area contributed by atoms with Crippen LogP contribution in [0.15, 0.2) is 24.3 Å². The highest BCUT2D eigenvalue weighted by Crippen LogP contribution is 2.40. The van der Waals surface area contributed by atoms with Crippen molar-refractivity contribution in [3.8, 4) is 0 Å². The zero-order valence-corrected chi connectivity index (χ0v) is 12.9. The molecule has 0 saturated heterocycles. The van der Waals surface area contributed by atoms with Crippen molar-refractivity contribution in [3.63, 3.8) is 0 Å². The number of aliphatic carboxylic acids is 1. The van der Waals surface area contributed by atoms with Gasteiger partial charge in [-0.2, -0.15) is 13.2 Å². The van der Waals surface area contributed by atoms with Crippen molar-refractivity contribution in [2.45, 2.75) is 44.4 Å². The minimum atomic E-state index is -4.48. The van der Waals surface area contributed by atoms with Gasteiger partial charge in [0.15, 0.2) is 0 Å². The van der Waals surface area contributed by atoms with E-state index in [1.54, 1.807) is 0 Å². The molecule has 1 N–H and O–H groups in total. The molecule has 2 atom stereocenters. The molecule has 0 aromatic heterocycles. The van der Waals surface area contributed by atoms with Crippen molar-refractivity contribution in [1.29, 1.82) is 0 Å². The van der Waals surface area contributed by atoms with Crippen molar-refractivity contribution in [1.82, 2.24) is 4.90 Å². The molecule has 0 spiro atoms. The molecular weight excluding hydrogens is 323 g/mol. The maximum absolute atomic E-state index is 13.1. The number of rotatable bonds is 5. The lowest BCUT2D eigenvalue weighted by Gasteiger charge is -2.36. The van der Waals surface area contributed by atoms with Crippen molar-refractivity contribution in [2.75, 3.05) is 0 Å². The minimum Gasteiger partial charge on any atom is -0.481 e. The predicted octanol–water partition coefficient (Wildman–Crippen LogP) is 3.31. The Morgan fingerprint density at radius 1 is 1.08 bits per heavy atom. The number of hydrogen-bond acceptors (Lipinski definition) is 2. The van der Waals surface area contributed by atoms with Gasteiger partial charge in [0.05, 0.1) is 17.4 Å². The van der Waals surface area contributed by atoms with E-state index in [9.17, 15) is 22.8 Å². The van der Waals surface area contributed by atoms with Gasteiger partial charge in [0, 0.05) is 12.6 Å². The van der Waals surface area contributed by atoms with Crippen LogP contribution in [0.3, 0.4) is 0 Å². The van der Waals surface area contributed by atoms with Crippen LogP contribution in [0.1, 0.15) is 36.8 Å². The molecule has 24 heavy (non-hydrogen) atoms. The Labute approximate surface area is 137 Å². The van der Waals surface area contributed by atoms with E-state index in [4.69, 9.17) is 5.11 Å². The Hall–Kier alpha value is -2.05. The summed E-state index contributed by atoms with van der Waals surface area (Å²) in [6, 6.07) is 5.15. The molecule has 2 fully saturated rings. The minimum absolute atomic E-state index is 0.0523. The van der Waals surface area contributed by atoms with Gasteiger partial charge in [-0.1, -0.05) is 18.2 Å². The molecule has 4 nitrogen and oxygen atoms in total. The second-order valence-electron chi connectivity index (χ2n) is 6.48.